The Bertz CT molecular complexity index is 1350. The number of fused-ring (bicyclic) bond motifs is 1. The van der Waals surface area contributed by atoms with Crippen molar-refractivity contribution in [2.24, 2.45) is 0 Å². The molecule has 0 bridgehead atoms. The van der Waals surface area contributed by atoms with Gasteiger partial charge in [0.1, 0.15) is 11.6 Å². The van der Waals surface area contributed by atoms with E-state index in [2.05, 4.69) is 18.4 Å². The van der Waals surface area contributed by atoms with E-state index in [1.807, 2.05) is 30.3 Å². The second-order valence-electron chi connectivity index (χ2n) is 7.39. The number of hydrogen-bond acceptors (Lipinski definition) is 0. The molecule has 0 aliphatic carbocycles. The lowest BCUT2D eigenvalue weighted by molar-refractivity contribution is 0.517. The summed E-state index contributed by atoms with van der Waals surface area (Å²) in [6, 6.07) is 16.9. The first-order chi connectivity index (χ1) is 15.5. The van der Waals surface area contributed by atoms with E-state index in [4.69, 9.17) is 0 Å². The minimum Gasteiger partial charge on any atom is -0.205 e. The van der Waals surface area contributed by atoms with Crippen LogP contribution in [0, 0.1) is 35.1 Å². The van der Waals surface area contributed by atoms with Crippen LogP contribution in [0.2, 0.25) is 0 Å². The lowest BCUT2D eigenvalue weighted by Crippen LogP contribution is -1.93. The molecule has 0 nitrogen and oxygen atoms in total. The molecule has 0 aliphatic rings. The topological polar surface area (TPSA) is 0 Å². The van der Waals surface area contributed by atoms with Crippen LogP contribution in [0.1, 0.15) is 23.1 Å². The van der Waals surface area contributed by atoms with Gasteiger partial charge in [0.2, 0.25) is 0 Å². The molecule has 0 spiro atoms. The van der Waals surface area contributed by atoms with Gasteiger partial charge in [-0.3, -0.25) is 0 Å². The Kier molecular flexibility index (Phi) is 6.09. The van der Waals surface area contributed by atoms with Crippen LogP contribution in [0.15, 0.2) is 79.4 Å². The van der Waals surface area contributed by atoms with Gasteiger partial charge < -0.3 is 0 Å². The Morgan fingerprint density at radius 3 is 2.12 bits per heavy atom. The molecule has 0 aliphatic heterocycles. The lowest BCUT2D eigenvalue weighted by atomic mass is 10.00. The predicted octanol–water partition coefficient (Wildman–Crippen LogP) is 7.58. The average Bonchev–Trinajstić information content (AvgIpc) is 2.80. The van der Waals surface area contributed by atoms with Crippen LogP contribution in [-0.2, 0) is 6.42 Å². The zero-order valence-corrected chi connectivity index (χ0v) is 17.1. The van der Waals surface area contributed by atoms with Crippen LogP contribution >= 0.6 is 0 Å². The molecule has 0 heterocycles. The Balaban J connectivity index is 1.62. The van der Waals surface area contributed by atoms with E-state index >= 15 is 0 Å². The highest BCUT2D eigenvalue weighted by atomic mass is 19.2. The predicted molar refractivity (Wildman–Crippen MR) is 120 cm³/mol. The van der Waals surface area contributed by atoms with E-state index in [0.29, 0.717) is 22.1 Å². The molecule has 0 atom stereocenters. The van der Waals surface area contributed by atoms with Gasteiger partial charge in [0.05, 0.1) is 5.56 Å². The minimum atomic E-state index is -0.941. The van der Waals surface area contributed by atoms with Gasteiger partial charge >= 0.3 is 0 Å². The van der Waals surface area contributed by atoms with Crippen LogP contribution in [0.4, 0.5) is 17.6 Å². The molecule has 0 N–H and O–H groups in total. The fourth-order valence-corrected chi connectivity index (χ4v) is 3.47. The smallest absolute Gasteiger partial charge is 0.166 e. The number of hydrogen-bond donors (Lipinski definition) is 0. The summed E-state index contributed by atoms with van der Waals surface area (Å²) in [4.78, 5) is 0. The van der Waals surface area contributed by atoms with Crippen LogP contribution < -0.4 is 0 Å². The molecule has 32 heavy (non-hydrogen) atoms. The maximum absolute atomic E-state index is 14.7. The van der Waals surface area contributed by atoms with Gasteiger partial charge in [-0.1, -0.05) is 54.3 Å². The van der Waals surface area contributed by atoms with Gasteiger partial charge in [0, 0.05) is 10.9 Å². The standard InChI is InChI=1S/C28H18F4/c1-2-3-4-18-5-9-20(10-6-18)22-16-26(30)24(27(31)17-22)13-8-19-7-12-23-21(15-19)11-14-25(29)28(23)32/h2,5-7,9-12,14-17H,1,3-4H2. The summed E-state index contributed by atoms with van der Waals surface area (Å²) in [5.41, 5.74) is 2.33. The van der Waals surface area contributed by atoms with E-state index in [0.717, 1.165) is 24.5 Å². The summed E-state index contributed by atoms with van der Waals surface area (Å²) >= 11 is 0. The molecular formula is C28H18F4. The first-order valence-corrected chi connectivity index (χ1v) is 10.1. The second kappa shape index (κ2) is 9.11. The van der Waals surface area contributed by atoms with Crippen molar-refractivity contribution in [1.82, 2.24) is 0 Å². The molecule has 4 rings (SSSR count). The van der Waals surface area contributed by atoms with Crippen molar-refractivity contribution < 1.29 is 17.6 Å². The molecule has 0 aromatic heterocycles. The maximum Gasteiger partial charge on any atom is 0.166 e. The third-order valence-electron chi connectivity index (χ3n) is 5.21. The normalized spacial score (nSPS) is 10.6. The summed E-state index contributed by atoms with van der Waals surface area (Å²) < 4.78 is 56.5. The highest BCUT2D eigenvalue weighted by Crippen LogP contribution is 2.25. The van der Waals surface area contributed by atoms with Crippen molar-refractivity contribution in [1.29, 1.82) is 0 Å². The number of allylic oxidation sites excluding steroid dienone is 1. The van der Waals surface area contributed by atoms with Crippen LogP contribution in [0.5, 0.6) is 0 Å². The van der Waals surface area contributed by atoms with Gasteiger partial charge in [0.15, 0.2) is 11.6 Å². The van der Waals surface area contributed by atoms with E-state index in [1.165, 1.54) is 30.3 Å². The van der Waals surface area contributed by atoms with Gasteiger partial charge in [0.25, 0.3) is 0 Å². The highest BCUT2D eigenvalue weighted by Gasteiger charge is 2.11. The Morgan fingerprint density at radius 1 is 0.719 bits per heavy atom. The van der Waals surface area contributed by atoms with E-state index in [9.17, 15) is 17.6 Å². The average molecular weight is 430 g/mol. The number of rotatable bonds is 4. The molecule has 0 radical (unpaired) electrons. The van der Waals surface area contributed by atoms with Crippen molar-refractivity contribution in [3.05, 3.63) is 119 Å². The summed E-state index contributed by atoms with van der Waals surface area (Å²) in [7, 11) is 0. The van der Waals surface area contributed by atoms with Gasteiger partial charge in [-0.25, -0.2) is 17.6 Å². The molecule has 0 amide bonds. The van der Waals surface area contributed by atoms with Gasteiger partial charge in [-0.2, -0.15) is 0 Å². The van der Waals surface area contributed by atoms with Crippen LogP contribution in [-0.4, -0.2) is 0 Å². The van der Waals surface area contributed by atoms with Crippen molar-refractivity contribution in [3.8, 4) is 23.0 Å². The fraction of sp³-hybridized carbons (Fsp3) is 0.0714. The first-order valence-electron chi connectivity index (χ1n) is 10.1. The van der Waals surface area contributed by atoms with E-state index < -0.39 is 23.3 Å². The SMILES string of the molecule is C=CCCc1ccc(-c2cc(F)c(C#Cc3ccc4c(F)c(F)ccc4c3)c(F)c2)cc1. The zero-order valence-electron chi connectivity index (χ0n) is 17.1. The molecule has 4 aromatic rings. The molecule has 158 valence electrons. The Morgan fingerprint density at radius 2 is 1.44 bits per heavy atom. The van der Waals surface area contributed by atoms with E-state index in [-0.39, 0.29) is 10.9 Å². The summed E-state index contributed by atoms with van der Waals surface area (Å²) in [5, 5.41) is 0.566. The van der Waals surface area contributed by atoms with Crippen LogP contribution in [0.3, 0.4) is 0 Å². The molecule has 0 saturated heterocycles. The summed E-state index contributed by atoms with van der Waals surface area (Å²) in [5.74, 6) is 1.81. The molecule has 0 fully saturated rings. The zero-order chi connectivity index (χ0) is 22.7. The number of aryl methyl sites for hydroxylation is 1. The quantitative estimate of drug-likeness (QED) is 0.178. The Labute approximate surface area is 183 Å². The van der Waals surface area contributed by atoms with Gasteiger partial charge in [-0.15, -0.1) is 6.58 Å². The summed E-state index contributed by atoms with van der Waals surface area (Å²) in [6.07, 6.45) is 3.56. The van der Waals surface area contributed by atoms with Crippen molar-refractivity contribution in [2.75, 3.05) is 0 Å². The van der Waals surface area contributed by atoms with Gasteiger partial charge in [-0.05, 0) is 65.3 Å². The molecule has 0 saturated carbocycles. The fourth-order valence-electron chi connectivity index (χ4n) is 3.47. The Hall–Kier alpha value is -3.84. The second-order valence-corrected chi connectivity index (χ2v) is 7.39. The monoisotopic (exact) mass is 430 g/mol. The van der Waals surface area contributed by atoms with E-state index in [1.54, 1.807) is 6.07 Å². The highest BCUT2D eigenvalue weighted by molar-refractivity contribution is 5.84. The number of halogens is 4. The molecular weight excluding hydrogens is 412 g/mol. The van der Waals surface area contributed by atoms with Crippen molar-refractivity contribution in [2.45, 2.75) is 12.8 Å². The first kappa shape index (κ1) is 21.4. The third-order valence-corrected chi connectivity index (χ3v) is 5.21. The largest absolute Gasteiger partial charge is 0.205 e. The maximum atomic E-state index is 14.7. The minimum absolute atomic E-state index is 0.118. The lowest BCUT2D eigenvalue weighted by Gasteiger charge is -2.06. The molecule has 4 heteroatoms. The van der Waals surface area contributed by atoms with Crippen LogP contribution in [0.25, 0.3) is 21.9 Å². The third kappa shape index (κ3) is 4.43. The number of benzene rings is 4. The van der Waals surface area contributed by atoms with Crippen molar-refractivity contribution >= 4 is 10.8 Å². The summed E-state index contributed by atoms with van der Waals surface area (Å²) in [6.45, 7) is 3.70. The molecule has 4 aromatic carbocycles. The van der Waals surface area contributed by atoms with Crippen molar-refractivity contribution in [3.63, 3.8) is 0 Å². The molecule has 0 unspecified atom stereocenters.